The minimum atomic E-state index is -0.307. The fourth-order valence-corrected chi connectivity index (χ4v) is 9.83. The highest BCUT2D eigenvalue weighted by atomic mass is 19.1. The highest BCUT2D eigenvalue weighted by molar-refractivity contribution is 5.82. The number of carbonyl (C=O) groups excluding carboxylic acids is 2. The average molecular weight is 865 g/mol. The Labute approximate surface area is 372 Å². The van der Waals surface area contributed by atoms with Crippen LogP contribution in [0.4, 0.5) is 31.8 Å². The van der Waals surface area contributed by atoms with Crippen LogP contribution in [0.3, 0.4) is 0 Å². The summed E-state index contributed by atoms with van der Waals surface area (Å²) in [6.07, 6.45) is 3.53. The molecule has 14 heteroatoms. The van der Waals surface area contributed by atoms with Crippen LogP contribution in [0.2, 0.25) is 0 Å². The first-order valence-electron chi connectivity index (χ1n) is 22.6. The second-order valence-electron chi connectivity index (χ2n) is 17.8. The Morgan fingerprint density at radius 2 is 1.16 bits per heavy atom. The quantitative estimate of drug-likeness (QED) is 0.111. The molecule has 2 aromatic heterocycles. The van der Waals surface area contributed by atoms with Crippen molar-refractivity contribution in [3.05, 3.63) is 131 Å². The molecule has 4 aliphatic heterocycles. The van der Waals surface area contributed by atoms with Crippen molar-refractivity contribution in [2.45, 2.75) is 58.8 Å². The molecular formula is C50H54F2N10O2. The van der Waals surface area contributed by atoms with Crippen LogP contribution < -0.4 is 21.3 Å². The van der Waals surface area contributed by atoms with E-state index in [2.05, 4.69) is 73.7 Å². The summed E-state index contributed by atoms with van der Waals surface area (Å²) in [5.74, 6) is 3.10. The number of fused-ring (bicyclic) bond motifs is 2. The Bertz CT molecular complexity index is 2620. The molecule has 4 aromatic carbocycles. The molecule has 0 radical (unpaired) electrons. The standard InChI is InChI=1S/C50H54F2N10O2/c1-32-4-16-41(17-5-32)55-47-45(35-8-12-39(51)13-9-35)58-44-31-60(22-24-62(44)47)50(64)38-26-34(27-54-29-38)25-33-6-18-42(19-7-33)56-48-46(36-10-14-40(52)15-11-36)57-43-30-59(21-23-61(43)48)49(63)37-3-2-20-53-28-37/h4-19,34,37-38,53-56H,2-3,20-31H2,1H3. The molecule has 4 aliphatic rings. The van der Waals surface area contributed by atoms with Gasteiger partial charge < -0.3 is 40.2 Å². The third kappa shape index (κ3) is 8.76. The van der Waals surface area contributed by atoms with Gasteiger partial charge in [0.15, 0.2) is 0 Å². The molecule has 2 saturated heterocycles. The second-order valence-corrected chi connectivity index (χ2v) is 17.8. The molecule has 2 amide bonds. The molecule has 3 unspecified atom stereocenters. The first-order valence-corrected chi connectivity index (χ1v) is 22.6. The van der Waals surface area contributed by atoms with E-state index >= 15 is 0 Å². The summed E-state index contributed by atoms with van der Waals surface area (Å²) in [4.78, 5) is 41.6. The lowest BCUT2D eigenvalue weighted by molar-refractivity contribution is -0.138. The Morgan fingerprint density at radius 1 is 0.641 bits per heavy atom. The van der Waals surface area contributed by atoms with E-state index in [0.717, 1.165) is 95.9 Å². The lowest BCUT2D eigenvalue weighted by atomic mass is 9.85. The number of anilines is 4. The summed E-state index contributed by atoms with van der Waals surface area (Å²) in [5, 5.41) is 14.1. The molecule has 4 N–H and O–H groups in total. The third-order valence-electron chi connectivity index (χ3n) is 13.3. The molecule has 0 saturated carbocycles. The van der Waals surface area contributed by atoms with E-state index in [9.17, 15) is 18.4 Å². The molecule has 0 bridgehead atoms. The first kappa shape index (κ1) is 41.6. The number of nitrogens with one attached hydrogen (secondary N) is 4. The van der Waals surface area contributed by atoms with Gasteiger partial charge in [0.2, 0.25) is 11.8 Å². The number of rotatable bonds is 10. The van der Waals surface area contributed by atoms with Crippen LogP contribution in [0.25, 0.3) is 22.5 Å². The van der Waals surface area contributed by atoms with Gasteiger partial charge in [-0.1, -0.05) is 29.8 Å². The van der Waals surface area contributed by atoms with Crippen LogP contribution in [0, 0.1) is 36.3 Å². The van der Waals surface area contributed by atoms with E-state index in [1.165, 1.54) is 35.4 Å². The van der Waals surface area contributed by atoms with Crippen LogP contribution in [-0.4, -0.2) is 80.0 Å². The Morgan fingerprint density at radius 3 is 1.69 bits per heavy atom. The van der Waals surface area contributed by atoms with Crippen molar-refractivity contribution in [3.8, 4) is 22.5 Å². The highest BCUT2D eigenvalue weighted by Gasteiger charge is 2.35. The molecule has 6 heterocycles. The van der Waals surface area contributed by atoms with E-state index in [1.54, 1.807) is 24.3 Å². The van der Waals surface area contributed by atoms with Crippen LogP contribution in [0.15, 0.2) is 97.1 Å². The largest absolute Gasteiger partial charge is 0.340 e. The van der Waals surface area contributed by atoms with Crippen LogP contribution in [0.5, 0.6) is 0 Å². The summed E-state index contributed by atoms with van der Waals surface area (Å²) < 4.78 is 32.2. The lowest BCUT2D eigenvalue weighted by Crippen LogP contribution is -2.48. The molecule has 12 nitrogen and oxygen atoms in total. The molecule has 64 heavy (non-hydrogen) atoms. The number of piperidine rings is 2. The van der Waals surface area contributed by atoms with E-state index in [0.29, 0.717) is 52.4 Å². The molecule has 2 fully saturated rings. The Kier molecular flexibility index (Phi) is 11.7. The fraction of sp³-hybridized carbons (Fsp3) is 0.360. The summed E-state index contributed by atoms with van der Waals surface area (Å²) in [7, 11) is 0. The van der Waals surface area contributed by atoms with Crippen molar-refractivity contribution in [2.75, 3.05) is 49.9 Å². The van der Waals surface area contributed by atoms with Crippen molar-refractivity contribution in [1.29, 1.82) is 0 Å². The zero-order chi connectivity index (χ0) is 43.7. The van der Waals surface area contributed by atoms with E-state index in [-0.39, 0.29) is 41.2 Å². The summed E-state index contributed by atoms with van der Waals surface area (Å²) >= 11 is 0. The van der Waals surface area contributed by atoms with Crippen LogP contribution >= 0.6 is 0 Å². The number of carbonyl (C=O) groups is 2. The maximum absolute atomic E-state index is 14.2. The van der Waals surface area contributed by atoms with Crippen molar-refractivity contribution in [1.82, 2.24) is 39.5 Å². The van der Waals surface area contributed by atoms with Gasteiger partial charge in [0.1, 0.15) is 46.3 Å². The monoisotopic (exact) mass is 864 g/mol. The minimum Gasteiger partial charge on any atom is -0.340 e. The number of amides is 2. The van der Waals surface area contributed by atoms with Gasteiger partial charge in [0.25, 0.3) is 0 Å². The van der Waals surface area contributed by atoms with E-state index < -0.39 is 0 Å². The number of benzene rings is 4. The van der Waals surface area contributed by atoms with Gasteiger partial charge >= 0.3 is 0 Å². The second kappa shape index (κ2) is 18.0. The normalized spacial score (nSPS) is 19.8. The molecule has 330 valence electrons. The summed E-state index contributed by atoms with van der Waals surface area (Å²) in [5.41, 5.74) is 7.25. The third-order valence-corrected chi connectivity index (χ3v) is 13.3. The lowest BCUT2D eigenvalue weighted by Gasteiger charge is -2.35. The number of aromatic nitrogens is 4. The van der Waals surface area contributed by atoms with Crippen molar-refractivity contribution in [2.24, 2.45) is 17.8 Å². The number of aryl methyl sites for hydroxylation is 1. The molecular weight excluding hydrogens is 811 g/mol. The molecule has 6 aromatic rings. The van der Waals surface area contributed by atoms with Crippen LogP contribution in [0.1, 0.15) is 42.0 Å². The predicted octanol–water partition coefficient (Wildman–Crippen LogP) is 7.64. The number of halogens is 2. The SMILES string of the molecule is Cc1ccc(Nc2c(-c3ccc(F)cc3)nc3n2CCN(C(=O)C2CNCC(Cc4ccc(Nc5c(-c6ccc(F)cc6)nc6n5CCN(C(=O)C5CCCNC5)C6)cc4)C2)C3)cc1. The van der Waals surface area contributed by atoms with Gasteiger partial charge in [0, 0.05) is 61.8 Å². The molecule has 0 spiro atoms. The van der Waals surface area contributed by atoms with Gasteiger partial charge in [0.05, 0.1) is 24.9 Å². The highest BCUT2D eigenvalue weighted by Crippen LogP contribution is 2.36. The smallest absolute Gasteiger partial charge is 0.227 e. The maximum atomic E-state index is 14.2. The molecule has 10 rings (SSSR count). The van der Waals surface area contributed by atoms with Gasteiger partial charge in [-0.25, -0.2) is 18.7 Å². The number of imidazole rings is 2. The van der Waals surface area contributed by atoms with Crippen molar-refractivity contribution < 1.29 is 18.4 Å². The average Bonchev–Trinajstić information content (AvgIpc) is 3.87. The van der Waals surface area contributed by atoms with Gasteiger partial charge in [-0.15, -0.1) is 0 Å². The Hall–Kier alpha value is -6.38. The van der Waals surface area contributed by atoms with E-state index in [1.807, 2.05) is 21.9 Å². The van der Waals surface area contributed by atoms with Gasteiger partial charge in [-0.05, 0) is 130 Å². The van der Waals surface area contributed by atoms with E-state index in [4.69, 9.17) is 9.97 Å². The van der Waals surface area contributed by atoms with Crippen molar-refractivity contribution >= 4 is 34.8 Å². The van der Waals surface area contributed by atoms with Crippen LogP contribution in [-0.2, 0) is 42.2 Å². The maximum Gasteiger partial charge on any atom is 0.227 e. The topological polar surface area (TPSA) is 124 Å². The number of nitrogens with zero attached hydrogens (tertiary/aromatic N) is 6. The summed E-state index contributed by atoms with van der Waals surface area (Å²) in [6.45, 7) is 8.40. The zero-order valence-corrected chi connectivity index (χ0v) is 36.1. The predicted molar refractivity (Wildman–Crippen MR) is 244 cm³/mol. The van der Waals surface area contributed by atoms with Gasteiger partial charge in [-0.2, -0.15) is 0 Å². The number of hydrogen-bond acceptors (Lipinski definition) is 8. The van der Waals surface area contributed by atoms with Crippen molar-refractivity contribution in [3.63, 3.8) is 0 Å². The Balaban J connectivity index is 0.804. The molecule has 0 aliphatic carbocycles. The van der Waals surface area contributed by atoms with Gasteiger partial charge in [-0.3, -0.25) is 9.59 Å². The minimum absolute atomic E-state index is 0.00798. The number of hydrogen-bond donors (Lipinski definition) is 4. The first-order chi connectivity index (χ1) is 31.2. The summed E-state index contributed by atoms with van der Waals surface area (Å²) in [6, 6.07) is 29.4. The fourth-order valence-electron chi connectivity index (χ4n) is 9.83. The zero-order valence-electron chi connectivity index (χ0n) is 36.1. The molecule has 3 atom stereocenters.